The first-order valence-corrected chi connectivity index (χ1v) is 9.43. The fraction of sp³-hybridized carbons (Fsp3) is 0.944. The number of amides is 1. The first-order valence-electron chi connectivity index (χ1n) is 9.43. The number of hydrogen-bond acceptors (Lipinski definition) is 4. The Balaban J connectivity index is 1.59. The van der Waals surface area contributed by atoms with Gasteiger partial charge in [-0.25, -0.2) is 4.79 Å². The fourth-order valence-corrected chi connectivity index (χ4v) is 4.89. The molecule has 1 amide bonds. The normalized spacial score (nSPS) is 37.0. The zero-order valence-corrected chi connectivity index (χ0v) is 14.6. The molecule has 23 heavy (non-hydrogen) atoms. The van der Waals surface area contributed by atoms with Crippen LogP contribution in [-0.2, 0) is 9.47 Å². The third kappa shape index (κ3) is 3.66. The summed E-state index contributed by atoms with van der Waals surface area (Å²) in [5.74, 6) is 1.34. The minimum atomic E-state index is -0.0713. The number of nitrogens with one attached hydrogen (secondary N) is 1. The van der Waals surface area contributed by atoms with Gasteiger partial charge in [0.2, 0.25) is 0 Å². The lowest BCUT2D eigenvalue weighted by molar-refractivity contribution is -0.0196. The molecule has 0 aromatic heterocycles. The lowest BCUT2D eigenvalue weighted by Crippen LogP contribution is -2.52. The van der Waals surface area contributed by atoms with Gasteiger partial charge < -0.3 is 19.7 Å². The average Bonchev–Trinajstić information content (AvgIpc) is 2.85. The first kappa shape index (κ1) is 17.0. The maximum Gasteiger partial charge on any atom is 0.410 e. The van der Waals surface area contributed by atoms with Crippen LogP contribution in [-0.4, -0.2) is 56.0 Å². The number of unbranched alkanes of at least 4 members (excludes halogenated alkanes) is 1. The summed E-state index contributed by atoms with van der Waals surface area (Å²) in [5.41, 5.74) is 0. The number of carbonyl (C=O) groups excluding carboxylic acids is 1. The molecular weight excluding hydrogens is 292 g/mol. The molecule has 5 nitrogen and oxygen atoms in total. The van der Waals surface area contributed by atoms with E-state index in [1.165, 1.54) is 6.42 Å². The van der Waals surface area contributed by atoms with Crippen molar-refractivity contribution in [2.45, 2.75) is 70.1 Å². The molecule has 5 heteroatoms. The Morgan fingerprint density at radius 2 is 1.96 bits per heavy atom. The van der Waals surface area contributed by atoms with Crippen molar-refractivity contribution in [1.82, 2.24) is 10.2 Å². The number of nitrogens with zero attached hydrogens (tertiary/aromatic N) is 1. The summed E-state index contributed by atoms with van der Waals surface area (Å²) in [5, 5.41) is 3.44. The maximum absolute atomic E-state index is 12.4. The molecule has 0 aromatic rings. The standard InChI is InChI=1S/C18H32N2O3/c1-3-4-9-23-18(21)20-14-5-6-15(20)11-13(10-14)16-7-8-19-12-17(16)22-2/h13-17,19H,3-12H2,1-2H3/t13?,14-,15+,16?,17?. The molecule has 2 bridgehead atoms. The number of hydrogen-bond donors (Lipinski definition) is 1. The lowest BCUT2D eigenvalue weighted by atomic mass is 9.75. The summed E-state index contributed by atoms with van der Waals surface area (Å²) < 4.78 is 11.2. The summed E-state index contributed by atoms with van der Waals surface area (Å²) >= 11 is 0. The van der Waals surface area contributed by atoms with Gasteiger partial charge in [0.15, 0.2) is 0 Å². The molecule has 0 aliphatic carbocycles. The molecule has 5 atom stereocenters. The van der Waals surface area contributed by atoms with E-state index in [0.717, 1.165) is 51.6 Å². The number of fused-ring (bicyclic) bond motifs is 2. The van der Waals surface area contributed by atoms with E-state index in [2.05, 4.69) is 17.1 Å². The topological polar surface area (TPSA) is 50.8 Å². The maximum atomic E-state index is 12.4. The summed E-state index contributed by atoms with van der Waals surface area (Å²) in [6.07, 6.45) is 8.03. The van der Waals surface area contributed by atoms with Crippen molar-refractivity contribution in [3.8, 4) is 0 Å². The highest BCUT2D eigenvalue weighted by Crippen LogP contribution is 2.44. The summed E-state index contributed by atoms with van der Waals surface area (Å²) in [4.78, 5) is 14.5. The van der Waals surface area contributed by atoms with Gasteiger partial charge in [-0.05, 0) is 56.9 Å². The Morgan fingerprint density at radius 3 is 2.61 bits per heavy atom. The smallest absolute Gasteiger partial charge is 0.410 e. The third-order valence-corrected chi connectivity index (χ3v) is 6.09. The lowest BCUT2D eigenvalue weighted by Gasteiger charge is -2.44. The van der Waals surface area contributed by atoms with Crippen LogP contribution >= 0.6 is 0 Å². The Hall–Kier alpha value is -0.810. The van der Waals surface area contributed by atoms with E-state index in [1.54, 1.807) is 0 Å². The summed E-state index contributed by atoms with van der Waals surface area (Å²) in [7, 11) is 1.83. The molecule has 0 radical (unpaired) electrons. The molecule has 3 heterocycles. The highest BCUT2D eigenvalue weighted by atomic mass is 16.6. The van der Waals surface area contributed by atoms with Crippen molar-refractivity contribution >= 4 is 6.09 Å². The third-order valence-electron chi connectivity index (χ3n) is 6.09. The molecule has 3 fully saturated rings. The van der Waals surface area contributed by atoms with E-state index in [1.807, 2.05) is 7.11 Å². The minimum Gasteiger partial charge on any atom is -0.449 e. The number of carbonyl (C=O) groups is 1. The second-order valence-electron chi connectivity index (χ2n) is 7.42. The number of ether oxygens (including phenoxy) is 2. The molecule has 132 valence electrons. The average molecular weight is 324 g/mol. The van der Waals surface area contributed by atoms with Gasteiger partial charge in [-0.2, -0.15) is 0 Å². The van der Waals surface area contributed by atoms with E-state index in [0.29, 0.717) is 36.6 Å². The molecule has 1 N–H and O–H groups in total. The van der Waals surface area contributed by atoms with Crippen molar-refractivity contribution in [2.24, 2.45) is 11.8 Å². The monoisotopic (exact) mass is 324 g/mol. The number of methoxy groups -OCH3 is 1. The molecular formula is C18H32N2O3. The molecule has 3 aliphatic heterocycles. The van der Waals surface area contributed by atoms with Gasteiger partial charge in [-0.3, -0.25) is 0 Å². The van der Waals surface area contributed by atoms with Crippen LogP contribution in [0.2, 0.25) is 0 Å². The van der Waals surface area contributed by atoms with Crippen LogP contribution in [0.3, 0.4) is 0 Å². The van der Waals surface area contributed by atoms with E-state index in [4.69, 9.17) is 9.47 Å². The zero-order valence-electron chi connectivity index (χ0n) is 14.6. The van der Waals surface area contributed by atoms with E-state index >= 15 is 0 Å². The van der Waals surface area contributed by atoms with Crippen molar-refractivity contribution in [2.75, 3.05) is 26.8 Å². The number of rotatable bonds is 5. The Kier molecular flexibility index (Phi) is 5.81. The van der Waals surface area contributed by atoms with Crippen LogP contribution in [0.4, 0.5) is 4.79 Å². The van der Waals surface area contributed by atoms with Crippen LogP contribution in [0.5, 0.6) is 0 Å². The summed E-state index contributed by atoms with van der Waals surface area (Å²) in [6.45, 7) is 4.75. The fourth-order valence-electron chi connectivity index (χ4n) is 4.89. The quantitative estimate of drug-likeness (QED) is 0.790. The van der Waals surface area contributed by atoms with Crippen LogP contribution in [0.1, 0.15) is 51.9 Å². The van der Waals surface area contributed by atoms with Crippen LogP contribution in [0, 0.1) is 11.8 Å². The second kappa shape index (κ2) is 7.84. The SMILES string of the molecule is CCCCOC(=O)N1[C@@H]2CC[C@H]1CC(C1CCNCC1OC)C2. The molecule has 0 spiro atoms. The van der Waals surface area contributed by atoms with Gasteiger partial charge in [-0.15, -0.1) is 0 Å². The molecule has 0 saturated carbocycles. The van der Waals surface area contributed by atoms with E-state index < -0.39 is 0 Å². The number of piperidine rings is 2. The van der Waals surface area contributed by atoms with Crippen LogP contribution in [0.25, 0.3) is 0 Å². The van der Waals surface area contributed by atoms with Gasteiger partial charge >= 0.3 is 6.09 Å². The van der Waals surface area contributed by atoms with Gasteiger partial charge in [0, 0.05) is 25.7 Å². The van der Waals surface area contributed by atoms with Crippen molar-refractivity contribution in [3.05, 3.63) is 0 Å². The largest absolute Gasteiger partial charge is 0.449 e. The molecule has 0 aromatic carbocycles. The predicted octanol–water partition coefficient (Wildman–Crippen LogP) is 2.79. The zero-order chi connectivity index (χ0) is 16.2. The van der Waals surface area contributed by atoms with E-state index in [-0.39, 0.29) is 6.09 Å². The minimum absolute atomic E-state index is 0.0713. The molecule has 3 rings (SSSR count). The highest BCUT2D eigenvalue weighted by molar-refractivity contribution is 5.69. The predicted molar refractivity (Wildman–Crippen MR) is 89.4 cm³/mol. The van der Waals surface area contributed by atoms with Gasteiger partial charge in [-0.1, -0.05) is 13.3 Å². The Bertz CT molecular complexity index is 390. The van der Waals surface area contributed by atoms with Crippen molar-refractivity contribution in [1.29, 1.82) is 0 Å². The first-order chi connectivity index (χ1) is 11.2. The van der Waals surface area contributed by atoms with E-state index in [9.17, 15) is 4.79 Å². The van der Waals surface area contributed by atoms with Gasteiger partial charge in [0.25, 0.3) is 0 Å². The van der Waals surface area contributed by atoms with Crippen LogP contribution < -0.4 is 5.32 Å². The van der Waals surface area contributed by atoms with Gasteiger partial charge in [0.05, 0.1) is 12.7 Å². The second-order valence-corrected chi connectivity index (χ2v) is 7.42. The van der Waals surface area contributed by atoms with Gasteiger partial charge in [0.1, 0.15) is 0 Å². The Labute approximate surface area is 140 Å². The molecule has 3 unspecified atom stereocenters. The highest BCUT2D eigenvalue weighted by Gasteiger charge is 2.47. The van der Waals surface area contributed by atoms with Crippen molar-refractivity contribution in [3.63, 3.8) is 0 Å². The van der Waals surface area contributed by atoms with Crippen molar-refractivity contribution < 1.29 is 14.3 Å². The van der Waals surface area contributed by atoms with Crippen LogP contribution in [0.15, 0.2) is 0 Å². The Morgan fingerprint density at radius 1 is 1.22 bits per heavy atom. The molecule has 3 saturated heterocycles. The molecule has 3 aliphatic rings. The summed E-state index contributed by atoms with van der Waals surface area (Å²) in [6, 6.07) is 0.778.